The van der Waals surface area contributed by atoms with Crippen LogP contribution < -0.4 is 11.1 Å². The molecule has 1 aromatic carbocycles. The zero-order valence-corrected chi connectivity index (χ0v) is 14.0. The molecule has 1 fully saturated rings. The van der Waals surface area contributed by atoms with Gasteiger partial charge >= 0.3 is 0 Å². The topological polar surface area (TPSA) is 121 Å². The van der Waals surface area contributed by atoms with Crippen LogP contribution in [0.15, 0.2) is 36.8 Å². The molecule has 1 saturated carbocycles. The molecule has 0 unspecified atom stereocenters. The number of fused-ring (bicyclic) bond motifs is 1. The van der Waals surface area contributed by atoms with Crippen LogP contribution in [0.4, 0.5) is 17.6 Å². The minimum atomic E-state index is 0.229. The Morgan fingerprint density at radius 3 is 3.00 bits per heavy atom. The number of nitrogen functional groups attached to an aromatic ring is 1. The molecule has 1 aliphatic carbocycles. The highest BCUT2D eigenvalue weighted by molar-refractivity contribution is 5.78. The Hall–Kier alpha value is -3.42. The Balaban J connectivity index is 1.47. The summed E-state index contributed by atoms with van der Waals surface area (Å²) in [5.41, 5.74) is 11.0. The molecule has 3 heterocycles. The lowest BCUT2D eigenvalue weighted by Gasteiger charge is -2.10. The van der Waals surface area contributed by atoms with Gasteiger partial charge in [0.25, 0.3) is 0 Å². The maximum absolute atomic E-state index is 5.80. The van der Waals surface area contributed by atoms with Crippen molar-refractivity contribution < 1.29 is 0 Å². The van der Waals surface area contributed by atoms with Crippen LogP contribution in [0, 0.1) is 0 Å². The third kappa shape index (κ3) is 2.75. The summed E-state index contributed by atoms with van der Waals surface area (Å²) in [6, 6.07) is 8.11. The lowest BCUT2D eigenvalue weighted by molar-refractivity contribution is 0.965. The highest BCUT2D eigenvalue weighted by Crippen LogP contribution is 2.39. The van der Waals surface area contributed by atoms with Gasteiger partial charge in [0.15, 0.2) is 5.82 Å². The quantitative estimate of drug-likeness (QED) is 0.441. The number of hydrogen-bond donors (Lipinski definition) is 4. The maximum atomic E-state index is 5.80. The fourth-order valence-corrected chi connectivity index (χ4v) is 3.16. The summed E-state index contributed by atoms with van der Waals surface area (Å²) in [5.74, 6) is 2.25. The normalized spacial score (nSPS) is 14.0. The molecule has 26 heavy (non-hydrogen) atoms. The van der Waals surface area contributed by atoms with Crippen molar-refractivity contribution in [2.45, 2.75) is 25.2 Å². The number of benzene rings is 1. The van der Waals surface area contributed by atoms with E-state index in [0.717, 1.165) is 33.7 Å². The Morgan fingerprint density at radius 1 is 1.19 bits per heavy atom. The van der Waals surface area contributed by atoms with E-state index in [1.165, 1.54) is 12.8 Å². The van der Waals surface area contributed by atoms with E-state index in [4.69, 9.17) is 5.73 Å². The third-order valence-electron chi connectivity index (χ3n) is 4.66. The average molecular weight is 346 g/mol. The summed E-state index contributed by atoms with van der Waals surface area (Å²) < 4.78 is 0. The number of para-hydroxylation sites is 1. The number of anilines is 3. The highest BCUT2D eigenvalue weighted by atomic mass is 15.2. The number of aromatic amines is 2. The van der Waals surface area contributed by atoms with Crippen molar-refractivity contribution in [3.05, 3.63) is 53.6 Å². The van der Waals surface area contributed by atoms with Gasteiger partial charge in [0.1, 0.15) is 5.82 Å². The lowest BCUT2D eigenvalue weighted by atomic mass is 10.1. The first-order valence-corrected chi connectivity index (χ1v) is 8.61. The van der Waals surface area contributed by atoms with Crippen molar-refractivity contribution in [3.63, 3.8) is 0 Å². The van der Waals surface area contributed by atoms with E-state index in [1.807, 2.05) is 18.2 Å². The standard InChI is InChI=1S/C18H18N8/c19-18-20-8-12(6-11-2-1-3-13-16(11)22-9-21-13)17(24-18)23-15-7-14(25-26-15)10-4-5-10/h1-3,7-10H,4-6H2,(H,21,22)(H4,19,20,23,24,25,26). The molecular weight excluding hydrogens is 328 g/mol. The predicted octanol–water partition coefficient (Wildman–Crippen LogP) is 2.87. The van der Waals surface area contributed by atoms with Gasteiger partial charge < -0.3 is 16.0 Å². The van der Waals surface area contributed by atoms with E-state index in [-0.39, 0.29) is 5.95 Å². The van der Waals surface area contributed by atoms with Gasteiger partial charge in [0, 0.05) is 35.9 Å². The van der Waals surface area contributed by atoms with E-state index in [1.54, 1.807) is 12.5 Å². The van der Waals surface area contributed by atoms with Crippen LogP contribution in [0.3, 0.4) is 0 Å². The molecule has 0 amide bonds. The number of nitrogens with zero attached hydrogens (tertiary/aromatic N) is 4. The summed E-state index contributed by atoms with van der Waals surface area (Å²) in [4.78, 5) is 16.1. The molecule has 0 spiro atoms. The third-order valence-corrected chi connectivity index (χ3v) is 4.66. The van der Waals surface area contributed by atoms with Crippen LogP contribution >= 0.6 is 0 Å². The van der Waals surface area contributed by atoms with Crippen molar-refractivity contribution in [3.8, 4) is 0 Å². The minimum Gasteiger partial charge on any atom is -0.368 e. The van der Waals surface area contributed by atoms with Crippen LogP contribution in [0.1, 0.15) is 35.6 Å². The Morgan fingerprint density at radius 2 is 2.12 bits per heavy atom. The molecule has 8 heteroatoms. The van der Waals surface area contributed by atoms with Gasteiger partial charge in [0.05, 0.1) is 17.4 Å². The van der Waals surface area contributed by atoms with E-state index >= 15 is 0 Å². The number of aromatic nitrogens is 6. The number of H-pyrrole nitrogens is 2. The maximum Gasteiger partial charge on any atom is 0.221 e. The number of nitrogens with two attached hydrogens (primary N) is 1. The summed E-state index contributed by atoms with van der Waals surface area (Å²) >= 11 is 0. The average Bonchev–Trinajstić information content (AvgIpc) is 3.18. The molecule has 8 nitrogen and oxygen atoms in total. The second kappa shape index (κ2) is 5.83. The van der Waals surface area contributed by atoms with Gasteiger partial charge in [-0.2, -0.15) is 10.1 Å². The highest BCUT2D eigenvalue weighted by Gasteiger charge is 2.25. The lowest BCUT2D eigenvalue weighted by Crippen LogP contribution is -2.05. The van der Waals surface area contributed by atoms with E-state index in [0.29, 0.717) is 18.2 Å². The number of rotatable bonds is 5. The van der Waals surface area contributed by atoms with E-state index < -0.39 is 0 Å². The van der Waals surface area contributed by atoms with E-state index in [2.05, 4.69) is 41.5 Å². The van der Waals surface area contributed by atoms with Crippen LogP contribution in [-0.2, 0) is 6.42 Å². The smallest absolute Gasteiger partial charge is 0.221 e. The van der Waals surface area contributed by atoms with E-state index in [9.17, 15) is 0 Å². The first-order valence-electron chi connectivity index (χ1n) is 8.61. The fourth-order valence-electron chi connectivity index (χ4n) is 3.16. The first kappa shape index (κ1) is 14.9. The molecule has 5 N–H and O–H groups in total. The summed E-state index contributed by atoms with van der Waals surface area (Å²) in [6.07, 6.45) is 6.55. The monoisotopic (exact) mass is 346 g/mol. The van der Waals surface area contributed by atoms with Crippen LogP contribution in [0.2, 0.25) is 0 Å². The molecule has 1 aliphatic rings. The fraction of sp³-hybridized carbons (Fsp3) is 0.222. The number of nitrogens with one attached hydrogen (secondary N) is 3. The molecule has 0 aliphatic heterocycles. The minimum absolute atomic E-state index is 0.229. The van der Waals surface area contributed by atoms with Crippen molar-refractivity contribution >= 4 is 28.6 Å². The summed E-state index contributed by atoms with van der Waals surface area (Å²) in [6.45, 7) is 0. The van der Waals surface area contributed by atoms with Crippen molar-refractivity contribution in [2.24, 2.45) is 0 Å². The van der Waals surface area contributed by atoms with Crippen molar-refractivity contribution in [2.75, 3.05) is 11.1 Å². The predicted molar refractivity (Wildman–Crippen MR) is 99.2 cm³/mol. The van der Waals surface area contributed by atoms with Gasteiger partial charge in [-0.15, -0.1) is 0 Å². The zero-order chi connectivity index (χ0) is 17.5. The summed E-state index contributed by atoms with van der Waals surface area (Å²) in [5, 5.41) is 10.7. The Bertz CT molecular complexity index is 1080. The molecular formula is C18H18N8. The molecule has 0 radical (unpaired) electrons. The first-order chi connectivity index (χ1) is 12.8. The van der Waals surface area contributed by atoms with Gasteiger partial charge in [-0.25, -0.2) is 9.97 Å². The van der Waals surface area contributed by atoms with Crippen LogP contribution in [-0.4, -0.2) is 30.1 Å². The number of imidazole rings is 1. The second-order valence-electron chi connectivity index (χ2n) is 6.60. The van der Waals surface area contributed by atoms with Gasteiger partial charge in [0.2, 0.25) is 5.95 Å². The molecule has 0 saturated heterocycles. The molecule has 0 bridgehead atoms. The Labute approximate surface area is 149 Å². The molecule has 3 aromatic heterocycles. The number of hydrogen-bond acceptors (Lipinski definition) is 6. The largest absolute Gasteiger partial charge is 0.368 e. The SMILES string of the molecule is Nc1ncc(Cc2cccc3[nH]cnc23)c(Nc2cc(C3CC3)[nH]n2)n1. The van der Waals surface area contributed by atoms with Crippen molar-refractivity contribution in [1.82, 2.24) is 30.1 Å². The molecule has 130 valence electrons. The van der Waals surface area contributed by atoms with Crippen molar-refractivity contribution in [1.29, 1.82) is 0 Å². The molecule has 5 rings (SSSR count). The van der Waals surface area contributed by atoms with Gasteiger partial charge in [-0.3, -0.25) is 5.10 Å². The Kier molecular flexibility index (Phi) is 3.34. The van der Waals surface area contributed by atoms with Gasteiger partial charge in [-0.05, 0) is 24.5 Å². The summed E-state index contributed by atoms with van der Waals surface area (Å²) in [7, 11) is 0. The second-order valence-corrected chi connectivity index (χ2v) is 6.60. The van der Waals surface area contributed by atoms with Crippen LogP contribution in [0.5, 0.6) is 0 Å². The zero-order valence-electron chi connectivity index (χ0n) is 14.0. The van der Waals surface area contributed by atoms with Gasteiger partial charge in [-0.1, -0.05) is 12.1 Å². The van der Waals surface area contributed by atoms with Crippen LogP contribution in [0.25, 0.3) is 11.0 Å². The molecule has 4 aromatic rings. The molecule has 0 atom stereocenters.